The Morgan fingerprint density at radius 3 is 2.68 bits per heavy atom. The molecule has 0 aliphatic heterocycles. The molecule has 0 saturated heterocycles. The number of carbonyl (C=O) groups excluding carboxylic acids is 3. The van der Waals surface area contributed by atoms with E-state index in [1.54, 1.807) is 43.3 Å². The van der Waals surface area contributed by atoms with Gasteiger partial charge in [-0.25, -0.2) is 14.6 Å². The van der Waals surface area contributed by atoms with Gasteiger partial charge in [0, 0.05) is 0 Å². The number of ether oxygens (including phenoxy) is 2. The maximum Gasteiger partial charge on any atom is 0.339 e. The van der Waals surface area contributed by atoms with Gasteiger partial charge in [0.25, 0.3) is 5.91 Å². The van der Waals surface area contributed by atoms with Crippen LogP contribution in [0.1, 0.15) is 34.1 Å². The molecule has 1 aromatic heterocycles. The predicted molar refractivity (Wildman–Crippen MR) is 102 cm³/mol. The van der Waals surface area contributed by atoms with Crippen LogP contribution in [0.15, 0.2) is 48.8 Å². The molecule has 0 aliphatic carbocycles. The summed E-state index contributed by atoms with van der Waals surface area (Å²) in [4.78, 5) is 43.9. The molecule has 8 heteroatoms. The number of rotatable bonds is 6. The van der Waals surface area contributed by atoms with Crippen LogP contribution in [0, 0.1) is 0 Å². The molecule has 1 amide bonds. The smallest absolute Gasteiger partial charge is 0.339 e. The Labute approximate surface area is 160 Å². The van der Waals surface area contributed by atoms with Gasteiger partial charge in [-0.05, 0) is 36.8 Å². The highest BCUT2D eigenvalue weighted by Crippen LogP contribution is 2.18. The number of nitrogens with one attached hydrogen (secondary N) is 2. The van der Waals surface area contributed by atoms with Gasteiger partial charge in [-0.1, -0.05) is 19.1 Å². The predicted octanol–water partition coefficient (Wildman–Crippen LogP) is 2.92. The number of H-pyrrole nitrogens is 1. The zero-order valence-electron chi connectivity index (χ0n) is 15.4. The number of amides is 1. The summed E-state index contributed by atoms with van der Waals surface area (Å²) in [6.07, 6.45) is 0.779. The quantitative estimate of drug-likeness (QED) is 0.635. The molecular formula is C20H19N3O5. The van der Waals surface area contributed by atoms with E-state index in [0.717, 1.165) is 5.52 Å². The van der Waals surface area contributed by atoms with Crippen LogP contribution in [0.2, 0.25) is 0 Å². The molecule has 3 rings (SSSR count). The molecule has 3 aromatic rings. The zero-order chi connectivity index (χ0) is 20.1. The van der Waals surface area contributed by atoms with Gasteiger partial charge in [0.05, 0.1) is 41.3 Å². The average Bonchev–Trinajstić information content (AvgIpc) is 3.19. The topological polar surface area (TPSA) is 110 Å². The number of fused-ring (bicyclic) bond motifs is 1. The van der Waals surface area contributed by atoms with E-state index in [1.807, 2.05) is 0 Å². The fourth-order valence-corrected chi connectivity index (χ4v) is 2.68. The zero-order valence-corrected chi connectivity index (χ0v) is 15.4. The molecule has 8 nitrogen and oxygen atoms in total. The summed E-state index contributed by atoms with van der Waals surface area (Å²) in [5.74, 6) is -1.73. The van der Waals surface area contributed by atoms with E-state index in [-0.39, 0.29) is 17.7 Å². The summed E-state index contributed by atoms with van der Waals surface area (Å²) in [5.41, 5.74) is 2.22. The fourth-order valence-electron chi connectivity index (χ4n) is 2.68. The summed E-state index contributed by atoms with van der Waals surface area (Å²) in [6.45, 7) is 1.72. The van der Waals surface area contributed by atoms with Crippen LogP contribution in [-0.2, 0) is 14.3 Å². The second-order valence-corrected chi connectivity index (χ2v) is 5.96. The first kappa shape index (κ1) is 19.1. The van der Waals surface area contributed by atoms with Crippen LogP contribution in [-0.4, -0.2) is 41.0 Å². The Morgan fingerprint density at radius 1 is 1.14 bits per heavy atom. The molecular weight excluding hydrogens is 362 g/mol. The number of benzene rings is 2. The number of carbonyl (C=O) groups is 3. The monoisotopic (exact) mass is 381 g/mol. The van der Waals surface area contributed by atoms with Gasteiger partial charge in [0.15, 0.2) is 6.10 Å². The summed E-state index contributed by atoms with van der Waals surface area (Å²) < 4.78 is 10.1. The third-order valence-electron chi connectivity index (χ3n) is 4.16. The molecule has 2 N–H and O–H groups in total. The third-order valence-corrected chi connectivity index (χ3v) is 4.16. The third kappa shape index (κ3) is 4.01. The average molecular weight is 381 g/mol. The Bertz CT molecular complexity index is 1030. The number of para-hydroxylation sites is 1. The number of hydrogen-bond acceptors (Lipinski definition) is 6. The van der Waals surface area contributed by atoms with Crippen molar-refractivity contribution in [2.45, 2.75) is 19.4 Å². The molecule has 144 valence electrons. The van der Waals surface area contributed by atoms with Gasteiger partial charge in [-0.3, -0.25) is 4.79 Å². The highest BCUT2D eigenvalue weighted by Gasteiger charge is 2.24. The highest BCUT2D eigenvalue weighted by atomic mass is 16.5. The second kappa shape index (κ2) is 8.34. The highest BCUT2D eigenvalue weighted by molar-refractivity contribution is 6.03. The SMILES string of the molecule is CCC(OC(=O)c1ccc2nc[nH]c2c1)C(=O)Nc1ccccc1C(=O)OC. The fraction of sp³-hybridized carbons (Fsp3) is 0.200. The number of hydrogen-bond donors (Lipinski definition) is 2. The van der Waals surface area contributed by atoms with E-state index in [9.17, 15) is 14.4 Å². The van der Waals surface area contributed by atoms with Crippen LogP contribution in [0.3, 0.4) is 0 Å². The largest absolute Gasteiger partial charge is 0.465 e. The summed E-state index contributed by atoms with van der Waals surface area (Å²) >= 11 is 0. The lowest BCUT2D eigenvalue weighted by Gasteiger charge is -2.17. The maximum absolute atomic E-state index is 12.6. The van der Waals surface area contributed by atoms with Crippen LogP contribution >= 0.6 is 0 Å². The standard InChI is InChI=1S/C20H19N3O5/c1-3-17(18(24)23-14-7-5-4-6-13(14)20(26)27-2)28-19(25)12-8-9-15-16(10-12)22-11-21-15/h4-11,17H,3H2,1-2H3,(H,21,22)(H,23,24). The number of nitrogens with zero attached hydrogens (tertiary/aromatic N) is 1. The molecule has 0 fully saturated rings. The van der Waals surface area contributed by atoms with Crippen molar-refractivity contribution in [2.75, 3.05) is 12.4 Å². The van der Waals surface area contributed by atoms with Gasteiger partial charge in [-0.15, -0.1) is 0 Å². The molecule has 0 aliphatic rings. The van der Waals surface area contributed by atoms with Crippen LogP contribution in [0.5, 0.6) is 0 Å². The maximum atomic E-state index is 12.6. The summed E-state index contributed by atoms with van der Waals surface area (Å²) in [7, 11) is 1.26. The lowest BCUT2D eigenvalue weighted by Crippen LogP contribution is -2.32. The molecule has 1 unspecified atom stereocenters. The van der Waals surface area contributed by atoms with Gasteiger partial charge < -0.3 is 19.8 Å². The number of imidazole rings is 1. The molecule has 1 atom stereocenters. The van der Waals surface area contributed by atoms with E-state index in [1.165, 1.54) is 19.5 Å². The van der Waals surface area contributed by atoms with E-state index >= 15 is 0 Å². The minimum absolute atomic E-state index is 0.212. The minimum atomic E-state index is -1.02. The molecule has 0 saturated carbocycles. The van der Waals surface area contributed by atoms with Crippen molar-refractivity contribution in [3.8, 4) is 0 Å². The van der Waals surface area contributed by atoms with Crippen LogP contribution in [0.4, 0.5) is 5.69 Å². The van der Waals surface area contributed by atoms with Gasteiger partial charge >= 0.3 is 11.9 Å². The molecule has 2 aromatic carbocycles. The van der Waals surface area contributed by atoms with Gasteiger partial charge in [0.2, 0.25) is 0 Å². The first-order valence-electron chi connectivity index (χ1n) is 8.65. The lowest BCUT2D eigenvalue weighted by atomic mass is 10.1. The van der Waals surface area contributed by atoms with E-state index < -0.39 is 23.9 Å². The normalized spacial score (nSPS) is 11.6. The first-order chi connectivity index (χ1) is 13.5. The van der Waals surface area contributed by atoms with Crippen molar-refractivity contribution in [1.82, 2.24) is 9.97 Å². The van der Waals surface area contributed by atoms with Crippen molar-refractivity contribution in [3.63, 3.8) is 0 Å². The molecule has 0 radical (unpaired) electrons. The van der Waals surface area contributed by atoms with Crippen molar-refractivity contribution >= 4 is 34.6 Å². The molecule has 0 spiro atoms. The number of aromatic nitrogens is 2. The number of methoxy groups -OCH3 is 1. The van der Waals surface area contributed by atoms with E-state index in [0.29, 0.717) is 11.1 Å². The first-order valence-corrected chi connectivity index (χ1v) is 8.65. The Kier molecular flexibility index (Phi) is 5.69. The summed E-state index contributed by atoms with van der Waals surface area (Å²) in [6, 6.07) is 11.3. The van der Waals surface area contributed by atoms with Gasteiger partial charge in [0.1, 0.15) is 0 Å². The number of aromatic amines is 1. The van der Waals surface area contributed by atoms with Gasteiger partial charge in [-0.2, -0.15) is 0 Å². The minimum Gasteiger partial charge on any atom is -0.465 e. The number of esters is 2. The Balaban J connectivity index is 1.73. The Morgan fingerprint density at radius 2 is 1.93 bits per heavy atom. The van der Waals surface area contributed by atoms with E-state index in [4.69, 9.17) is 9.47 Å². The summed E-state index contributed by atoms with van der Waals surface area (Å²) in [5, 5.41) is 2.63. The lowest BCUT2D eigenvalue weighted by molar-refractivity contribution is -0.124. The molecule has 0 bridgehead atoms. The van der Waals surface area contributed by atoms with E-state index in [2.05, 4.69) is 15.3 Å². The van der Waals surface area contributed by atoms with Crippen LogP contribution < -0.4 is 5.32 Å². The molecule has 1 heterocycles. The van der Waals surface area contributed by atoms with Crippen LogP contribution in [0.25, 0.3) is 11.0 Å². The number of anilines is 1. The van der Waals surface area contributed by atoms with Crippen molar-refractivity contribution in [1.29, 1.82) is 0 Å². The van der Waals surface area contributed by atoms with Crippen molar-refractivity contribution < 1.29 is 23.9 Å². The second-order valence-electron chi connectivity index (χ2n) is 5.96. The molecule has 28 heavy (non-hydrogen) atoms. The van der Waals surface area contributed by atoms with Crippen molar-refractivity contribution in [2.24, 2.45) is 0 Å². The van der Waals surface area contributed by atoms with Crippen molar-refractivity contribution in [3.05, 3.63) is 59.9 Å². The Hall–Kier alpha value is -3.68.